The number of halogens is 1. The normalized spacial score (nSPS) is 13.5. The van der Waals surface area contributed by atoms with E-state index in [1.807, 2.05) is 30.3 Å². The summed E-state index contributed by atoms with van der Waals surface area (Å²) >= 11 is 5.90. The molecule has 0 aliphatic carbocycles. The molecule has 0 bridgehead atoms. The molecule has 1 N–H and O–H groups in total. The van der Waals surface area contributed by atoms with Gasteiger partial charge in [0, 0.05) is 49.6 Å². The highest BCUT2D eigenvalue weighted by Crippen LogP contribution is 2.15. The zero-order chi connectivity index (χ0) is 25.8. The standard InChI is InChI=1S/C27H25ClN6O3/c28-20-8-10-21(11-9-20)30-27(37)33-17-15-32(16-18-33)25(35)23-26(36)34(14-12-19-5-2-1-3-6-19)24-22(31-23)7-4-13-29-24/h1-11,13H,12,14-18H2,(H,30,37). The molecule has 1 aliphatic rings. The van der Waals surface area contributed by atoms with Gasteiger partial charge in [-0.3, -0.25) is 14.2 Å². The Morgan fingerprint density at radius 2 is 1.59 bits per heavy atom. The fourth-order valence-electron chi connectivity index (χ4n) is 4.31. The van der Waals surface area contributed by atoms with Crippen molar-refractivity contribution in [3.63, 3.8) is 0 Å². The molecule has 188 valence electrons. The van der Waals surface area contributed by atoms with Gasteiger partial charge in [0.25, 0.3) is 11.5 Å². The van der Waals surface area contributed by atoms with Gasteiger partial charge in [0.2, 0.25) is 0 Å². The SMILES string of the molecule is O=C(Nc1ccc(Cl)cc1)N1CCN(C(=O)c2nc3cccnc3n(CCc3ccccc3)c2=O)CC1. The molecular formula is C27H25ClN6O3. The Morgan fingerprint density at radius 3 is 2.32 bits per heavy atom. The molecule has 0 atom stereocenters. The van der Waals surface area contributed by atoms with E-state index in [4.69, 9.17) is 11.6 Å². The number of benzene rings is 2. The molecule has 4 aromatic rings. The Morgan fingerprint density at radius 1 is 0.892 bits per heavy atom. The minimum atomic E-state index is -0.463. The molecular weight excluding hydrogens is 492 g/mol. The van der Waals surface area contributed by atoms with Gasteiger partial charge in [0.1, 0.15) is 5.52 Å². The van der Waals surface area contributed by atoms with E-state index < -0.39 is 11.5 Å². The number of anilines is 1. The van der Waals surface area contributed by atoms with E-state index in [1.54, 1.807) is 52.4 Å². The number of carbonyl (C=O) groups is 2. The minimum Gasteiger partial charge on any atom is -0.334 e. The van der Waals surface area contributed by atoms with Crippen LogP contribution in [-0.2, 0) is 13.0 Å². The van der Waals surface area contributed by atoms with Gasteiger partial charge in [-0.25, -0.2) is 14.8 Å². The zero-order valence-electron chi connectivity index (χ0n) is 20.0. The molecule has 1 saturated heterocycles. The van der Waals surface area contributed by atoms with Crippen molar-refractivity contribution in [3.05, 3.63) is 99.6 Å². The predicted molar refractivity (Wildman–Crippen MR) is 142 cm³/mol. The van der Waals surface area contributed by atoms with Crippen LogP contribution in [0.25, 0.3) is 11.2 Å². The molecule has 1 fully saturated rings. The molecule has 37 heavy (non-hydrogen) atoms. The Kier molecular flexibility index (Phi) is 7.14. The molecule has 3 heterocycles. The molecule has 5 rings (SSSR count). The van der Waals surface area contributed by atoms with Gasteiger partial charge in [-0.05, 0) is 48.4 Å². The third-order valence-electron chi connectivity index (χ3n) is 6.32. The summed E-state index contributed by atoms with van der Waals surface area (Å²) in [5.74, 6) is -0.443. The monoisotopic (exact) mass is 516 g/mol. The van der Waals surface area contributed by atoms with E-state index in [2.05, 4.69) is 15.3 Å². The van der Waals surface area contributed by atoms with Gasteiger partial charge >= 0.3 is 6.03 Å². The fourth-order valence-corrected chi connectivity index (χ4v) is 4.43. The van der Waals surface area contributed by atoms with Gasteiger partial charge < -0.3 is 15.1 Å². The van der Waals surface area contributed by atoms with Crippen molar-refractivity contribution in [2.45, 2.75) is 13.0 Å². The maximum atomic E-state index is 13.4. The molecule has 10 heteroatoms. The molecule has 1 aliphatic heterocycles. The number of amides is 3. The van der Waals surface area contributed by atoms with Crippen molar-refractivity contribution < 1.29 is 9.59 Å². The third-order valence-corrected chi connectivity index (χ3v) is 6.57. The lowest BCUT2D eigenvalue weighted by atomic mass is 10.1. The highest BCUT2D eigenvalue weighted by molar-refractivity contribution is 6.30. The number of hydrogen-bond acceptors (Lipinski definition) is 5. The summed E-state index contributed by atoms with van der Waals surface area (Å²) in [4.78, 5) is 51.4. The average Bonchev–Trinajstić information content (AvgIpc) is 2.94. The van der Waals surface area contributed by atoms with E-state index >= 15 is 0 Å². The van der Waals surface area contributed by atoms with E-state index in [0.29, 0.717) is 61.0 Å². The number of piperazine rings is 1. The van der Waals surface area contributed by atoms with Crippen LogP contribution in [0.15, 0.2) is 77.7 Å². The van der Waals surface area contributed by atoms with Crippen LogP contribution in [-0.4, -0.2) is 62.5 Å². The lowest BCUT2D eigenvalue weighted by Gasteiger charge is -2.34. The average molecular weight is 517 g/mol. The van der Waals surface area contributed by atoms with Crippen LogP contribution < -0.4 is 10.9 Å². The summed E-state index contributed by atoms with van der Waals surface area (Å²) in [6.45, 7) is 1.63. The molecule has 0 saturated carbocycles. The number of nitrogens with zero attached hydrogens (tertiary/aromatic N) is 5. The lowest BCUT2D eigenvalue weighted by Crippen LogP contribution is -2.52. The van der Waals surface area contributed by atoms with Crippen LogP contribution in [0.4, 0.5) is 10.5 Å². The highest BCUT2D eigenvalue weighted by Gasteiger charge is 2.28. The number of hydrogen-bond donors (Lipinski definition) is 1. The number of urea groups is 1. The minimum absolute atomic E-state index is 0.132. The van der Waals surface area contributed by atoms with E-state index in [9.17, 15) is 14.4 Å². The van der Waals surface area contributed by atoms with Crippen molar-refractivity contribution in [3.8, 4) is 0 Å². The summed E-state index contributed by atoms with van der Waals surface area (Å²) in [5.41, 5.74) is 2.06. The van der Waals surface area contributed by atoms with Crippen LogP contribution in [0.1, 0.15) is 16.1 Å². The molecule has 2 aromatic heterocycles. The first-order valence-electron chi connectivity index (χ1n) is 12.0. The van der Waals surface area contributed by atoms with Crippen molar-refractivity contribution in [2.75, 3.05) is 31.5 Å². The Labute approximate surface area is 218 Å². The third kappa shape index (κ3) is 5.46. The zero-order valence-corrected chi connectivity index (χ0v) is 20.8. The molecule has 3 amide bonds. The fraction of sp³-hybridized carbons (Fsp3) is 0.222. The molecule has 0 radical (unpaired) electrons. The largest absolute Gasteiger partial charge is 0.334 e. The van der Waals surface area contributed by atoms with Crippen molar-refractivity contribution in [1.82, 2.24) is 24.3 Å². The number of pyridine rings is 1. The van der Waals surface area contributed by atoms with Crippen LogP contribution in [0.2, 0.25) is 5.02 Å². The molecule has 0 unspecified atom stereocenters. The van der Waals surface area contributed by atoms with Crippen molar-refractivity contribution >= 4 is 40.4 Å². The van der Waals surface area contributed by atoms with E-state index in [1.165, 1.54) is 4.57 Å². The van der Waals surface area contributed by atoms with Gasteiger partial charge in [-0.2, -0.15) is 0 Å². The quantitative estimate of drug-likeness (QED) is 0.436. The van der Waals surface area contributed by atoms with Crippen molar-refractivity contribution in [1.29, 1.82) is 0 Å². The van der Waals surface area contributed by atoms with Crippen LogP contribution >= 0.6 is 11.6 Å². The maximum Gasteiger partial charge on any atom is 0.321 e. The summed E-state index contributed by atoms with van der Waals surface area (Å²) < 4.78 is 1.53. The van der Waals surface area contributed by atoms with E-state index in [-0.39, 0.29) is 11.7 Å². The number of fused-ring (bicyclic) bond motifs is 1. The number of carbonyl (C=O) groups excluding carboxylic acids is 2. The number of nitrogens with one attached hydrogen (secondary N) is 1. The summed E-state index contributed by atoms with van der Waals surface area (Å²) in [6.07, 6.45) is 2.23. The van der Waals surface area contributed by atoms with Crippen LogP contribution in [0, 0.1) is 0 Å². The lowest BCUT2D eigenvalue weighted by molar-refractivity contribution is 0.0663. The van der Waals surface area contributed by atoms with E-state index in [0.717, 1.165) is 5.56 Å². The second-order valence-corrected chi connectivity index (χ2v) is 9.15. The predicted octanol–water partition coefficient (Wildman–Crippen LogP) is 3.68. The molecule has 2 aromatic carbocycles. The van der Waals surface area contributed by atoms with Gasteiger partial charge in [0.05, 0.1) is 0 Å². The topological polar surface area (TPSA) is 100 Å². The second-order valence-electron chi connectivity index (χ2n) is 8.72. The van der Waals surface area contributed by atoms with Gasteiger partial charge in [-0.15, -0.1) is 0 Å². The molecule has 0 spiro atoms. The number of aryl methyl sites for hydroxylation is 2. The number of rotatable bonds is 5. The highest BCUT2D eigenvalue weighted by atomic mass is 35.5. The Balaban J connectivity index is 1.31. The smallest absolute Gasteiger partial charge is 0.321 e. The first-order chi connectivity index (χ1) is 18.0. The Bertz CT molecular complexity index is 1480. The summed E-state index contributed by atoms with van der Waals surface area (Å²) in [7, 11) is 0. The van der Waals surface area contributed by atoms with Crippen molar-refractivity contribution in [2.24, 2.45) is 0 Å². The number of aromatic nitrogens is 3. The first kappa shape index (κ1) is 24.5. The second kappa shape index (κ2) is 10.8. The van der Waals surface area contributed by atoms with Crippen LogP contribution in [0.3, 0.4) is 0 Å². The van der Waals surface area contributed by atoms with Gasteiger partial charge in [0.15, 0.2) is 11.3 Å². The summed E-state index contributed by atoms with van der Waals surface area (Å²) in [6, 6.07) is 19.9. The summed E-state index contributed by atoms with van der Waals surface area (Å²) in [5, 5.41) is 3.42. The Hall–Kier alpha value is -4.24. The maximum absolute atomic E-state index is 13.4. The van der Waals surface area contributed by atoms with Gasteiger partial charge in [-0.1, -0.05) is 41.9 Å². The first-order valence-corrected chi connectivity index (χ1v) is 12.4. The molecule has 9 nitrogen and oxygen atoms in total. The van der Waals surface area contributed by atoms with Crippen LogP contribution in [0.5, 0.6) is 0 Å².